The van der Waals surface area contributed by atoms with Gasteiger partial charge in [-0.25, -0.2) is 0 Å². The molecular formula is C22H24O2. The summed E-state index contributed by atoms with van der Waals surface area (Å²) in [5.74, 6) is -0.885. The fourth-order valence-electron chi connectivity index (χ4n) is 3.79. The largest absolute Gasteiger partial charge is 0.285 e. The number of hydrogen-bond acceptors (Lipinski definition) is 2. The number of benzene rings is 2. The Morgan fingerprint density at radius 2 is 1.29 bits per heavy atom. The maximum Gasteiger partial charge on any atom is 0.233 e. The molecule has 0 amide bonds. The zero-order valence-electron chi connectivity index (χ0n) is 14.6. The van der Waals surface area contributed by atoms with Gasteiger partial charge in [0.25, 0.3) is 0 Å². The van der Waals surface area contributed by atoms with Crippen LogP contribution in [0.1, 0.15) is 66.3 Å². The summed E-state index contributed by atoms with van der Waals surface area (Å²) < 4.78 is 0. The lowest BCUT2D eigenvalue weighted by Crippen LogP contribution is -2.45. The Bertz CT molecular complexity index is 745. The van der Waals surface area contributed by atoms with Crippen LogP contribution in [0.25, 0.3) is 0 Å². The molecule has 1 saturated carbocycles. The van der Waals surface area contributed by atoms with Gasteiger partial charge in [0, 0.05) is 16.5 Å². The maximum atomic E-state index is 12.4. The SMILES string of the molecule is CC(C)(C)C1(c2ccc(C(=O)C(=O)c3ccccc3)cc2)CCC1. The van der Waals surface area contributed by atoms with E-state index in [-0.39, 0.29) is 10.8 Å². The van der Waals surface area contributed by atoms with Crippen LogP contribution in [0, 0.1) is 5.41 Å². The van der Waals surface area contributed by atoms with Gasteiger partial charge in [0.15, 0.2) is 0 Å². The predicted molar refractivity (Wildman–Crippen MR) is 96.5 cm³/mol. The third-order valence-electron chi connectivity index (χ3n) is 5.58. The smallest absolute Gasteiger partial charge is 0.233 e. The number of hydrogen-bond donors (Lipinski definition) is 0. The molecule has 0 aliphatic heterocycles. The van der Waals surface area contributed by atoms with Crippen molar-refractivity contribution in [1.29, 1.82) is 0 Å². The second-order valence-corrected chi connectivity index (χ2v) is 7.79. The first-order valence-corrected chi connectivity index (χ1v) is 8.60. The van der Waals surface area contributed by atoms with Gasteiger partial charge >= 0.3 is 0 Å². The topological polar surface area (TPSA) is 34.1 Å². The molecule has 1 aliphatic carbocycles. The zero-order chi connectivity index (χ0) is 17.4. The Morgan fingerprint density at radius 1 is 0.792 bits per heavy atom. The Hall–Kier alpha value is -2.22. The second-order valence-electron chi connectivity index (χ2n) is 7.79. The van der Waals surface area contributed by atoms with Gasteiger partial charge in [0.1, 0.15) is 0 Å². The van der Waals surface area contributed by atoms with Gasteiger partial charge in [-0.2, -0.15) is 0 Å². The van der Waals surface area contributed by atoms with Gasteiger partial charge in [0.05, 0.1) is 0 Å². The van der Waals surface area contributed by atoms with Crippen LogP contribution >= 0.6 is 0 Å². The normalized spacial score (nSPS) is 16.3. The van der Waals surface area contributed by atoms with Crippen molar-refractivity contribution in [3.8, 4) is 0 Å². The molecule has 2 aromatic carbocycles. The first-order chi connectivity index (χ1) is 11.3. The molecule has 2 aromatic rings. The van der Waals surface area contributed by atoms with E-state index in [0.29, 0.717) is 11.1 Å². The molecule has 0 unspecified atom stereocenters. The van der Waals surface area contributed by atoms with Gasteiger partial charge in [-0.1, -0.05) is 81.8 Å². The van der Waals surface area contributed by atoms with E-state index in [1.165, 1.54) is 24.8 Å². The molecule has 1 aliphatic rings. The molecule has 1 fully saturated rings. The molecule has 0 atom stereocenters. The molecule has 124 valence electrons. The highest BCUT2D eigenvalue weighted by molar-refractivity contribution is 6.49. The van der Waals surface area contributed by atoms with Crippen molar-refractivity contribution >= 4 is 11.6 Å². The summed E-state index contributed by atoms with van der Waals surface area (Å²) in [6.07, 6.45) is 3.63. The van der Waals surface area contributed by atoms with Gasteiger partial charge in [-0.15, -0.1) is 0 Å². The summed E-state index contributed by atoms with van der Waals surface area (Å²) in [5, 5.41) is 0. The number of carbonyl (C=O) groups is 2. The molecule has 0 heterocycles. The van der Waals surface area contributed by atoms with E-state index in [1.807, 2.05) is 30.3 Å². The van der Waals surface area contributed by atoms with E-state index in [1.54, 1.807) is 24.3 Å². The lowest BCUT2D eigenvalue weighted by atomic mass is 9.52. The van der Waals surface area contributed by atoms with Crippen LogP contribution in [0.4, 0.5) is 0 Å². The fourth-order valence-corrected chi connectivity index (χ4v) is 3.79. The molecular weight excluding hydrogens is 296 g/mol. The maximum absolute atomic E-state index is 12.4. The van der Waals surface area contributed by atoms with Crippen LogP contribution in [0.15, 0.2) is 54.6 Å². The minimum absolute atomic E-state index is 0.191. The first kappa shape index (κ1) is 16.6. The standard InChI is InChI=1S/C22H24O2/c1-21(2,3)22(14-7-15-22)18-12-10-17(11-13-18)20(24)19(23)16-8-5-4-6-9-16/h4-6,8-13H,7,14-15H2,1-3H3. The zero-order valence-corrected chi connectivity index (χ0v) is 14.6. The minimum atomic E-state index is -0.447. The highest BCUT2D eigenvalue weighted by atomic mass is 16.2. The van der Waals surface area contributed by atoms with Gasteiger partial charge < -0.3 is 0 Å². The van der Waals surface area contributed by atoms with E-state index < -0.39 is 11.6 Å². The van der Waals surface area contributed by atoms with Crippen LogP contribution in [0.3, 0.4) is 0 Å². The minimum Gasteiger partial charge on any atom is -0.285 e. The van der Waals surface area contributed by atoms with Crippen LogP contribution < -0.4 is 0 Å². The lowest BCUT2D eigenvalue weighted by Gasteiger charge is -2.52. The summed E-state index contributed by atoms with van der Waals surface area (Å²) in [7, 11) is 0. The molecule has 0 saturated heterocycles. The quantitative estimate of drug-likeness (QED) is 0.571. The highest BCUT2D eigenvalue weighted by Gasteiger charge is 2.47. The summed E-state index contributed by atoms with van der Waals surface area (Å²) >= 11 is 0. The highest BCUT2D eigenvalue weighted by Crippen LogP contribution is 2.55. The molecule has 2 heteroatoms. The average Bonchev–Trinajstić information content (AvgIpc) is 2.52. The second kappa shape index (κ2) is 6.01. The third kappa shape index (κ3) is 2.71. The molecule has 0 aromatic heterocycles. The average molecular weight is 320 g/mol. The molecule has 0 N–H and O–H groups in total. The summed E-state index contributed by atoms with van der Waals surface area (Å²) in [6.45, 7) is 6.85. The number of rotatable bonds is 4. The van der Waals surface area contributed by atoms with E-state index in [4.69, 9.17) is 0 Å². The Kier molecular flexibility index (Phi) is 4.16. The van der Waals surface area contributed by atoms with Gasteiger partial charge in [0.2, 0.25) is 11.6 Å². The predicted octanol–water partition coefficient (Wildman–Crippen LogP) is 5.22. The van der Waals surface area contributed by atoms with Crippen LogP contribution in [0.2, 0.25) is 0 Å². The number of carbonyl (C=O) groups excluding carboxylic acids is 2. The first-order valence-electron chi connectivity index (χ1n) is 8.60. The summed E-state index contributed by atoms with van der Waals surface area (Å²) in [5.41, 5.74) is 2.58. The number of Topliss-reactive ketones (excluding diaryl/α,β-unsaturated/α-hetero) is 2. The van der Waals surface area contributed by atoms with E-state index in [9.17, 15) is 9.59 Å². The lowest BCUT2D eigenvalue weighted by molar-refractivity contribution is 0.0815. The van der Waals surface area contributed by atoms with Crippen molar-refractivity contribution in [3.63, 3.8) is 0 Å². The van der Waals surface area contributed by atoms with Crippen molar-refractivity contribution in [1.82, 2.24) is 0 Å². The van der Waals surface area contributed by atoms with Crippen molar-refractivity contribution < 1.29 is 9.59 Å². The molecule has 24 heavy (non-hydrogen) atoms. The monoisotopic (exact) mass is 320 g/mol. The Labute approximate surface area is 143 Å². The Balaban J connectivity index is 1.85. The van der Waals surface area contributed by atoms with Crippen LogP contribution in [-0.2, 0) is 5.41 Å². The van der Waals surface area contributed by atoms with Crippen molar-refractivity contribution in [2.45, 2.75) is 45.4 Å². The van der Waals surface area contributed by atoms with Crippen LogP contribution in [0.5, 0.6) is 0 Å². The van der Waals surface area contributed by atoms with Gasteiger partial charge in [-0.05, 0) is 23.8 Å². The number of ketones is 2. The molecule has 2 nitrogen and oxygen atoms in total. The summed E-state index contributed by atoms with van der Waals surface area (Å²) in [4.78, 5) is 24.7. The fraction of sp³-hybridized carbons (Fsp3) is 0.364. The third-order valence-corrected chi connectivity index (χ3v) is 5.58. The Morgan fingerprint density at radius 3 is 1.71 bits per heavy atom. The van der Waals surface area contributed by atoms with E-state index in [2.05, 4.69) is 20.8 Å². The molecule has 0 radical (unpaired) electrons. The van der Waals surface area contributed by atoms with E-state index >= 15 is 0 Å². The summed E-state index contributed by atoms with van der Waals surface area (Å²) in [6, 6.07) is 16.4. The molecule has 3 rings (SSSR count). The molecule has 0 spiro atoms. The van der Waals surface area contributed by atoms with Crippen molar-refractivity contribution in [2.75, 3.05) is 0 Å². The van der Waals surface area contributed by atoms with Crippen molar-refractivity contribution in [2.24, 2.45) is 5.41 Å². The van der Waals surface area contributed by atoms with E-state index in [0.717, 1.165) is 0 Å². The van der Waals surface area contributed by atoms with Crippen molar-refractivity contribution in [3.05, 3.63) is 71.3 Å². The van der Waals surface area contributed by atoms with Gasteiger partial charge in [-0.3, -0.25) is 9.59 Å². The van der Waals surface area contributed by atoms with Crippen LogP contribution in [-0.4, -0.2) is 11.6 Å². The molecule has 0 bridgehead atoms.